The fraction of sp³-hybridized carbons (Fsp3) is 0.286. The Hall–Kier alpha value is -1.88. The van der Waals surface area contributed by atoms with E-state index in [0.29, 0.717) is 6.04 Å². The maximum Gasteiger partial charge on any atom is 0.157 e. The van der Waals surface area contributed by atoms with Crippen molar-refractivity contribution in [3.8, 4) is 0 Å². The van der Waals surface area contributed by atoms with E-state index in [0.717, 1.165) is 24.3 Å². The van der Waals surface area contributed by atoms with Gasteiger partial charge in [-0.2, -0.15) is 5.10 Å². The lowest BCUT2D eigenvalue weighted by atomic mass is 10.1. The van der Waals surface area contributed by atoms with Gasteiger partial charge in [-0.1, -0.05) is 19.4 Å². The number of nitrogens with one attached hydrogen (secondary N) is 1. The monoisotopic (exact) mass is 272 g/mol. The van der Waals surface area contributed by atoms with Gasteiger partial charge < -0.3 is 5.32 Å². The zero-order valence-corrected chi connectivity index (χ0v) is 11.6. The van der Waals surface area contributed by atoms with Crippen LogP contribution in [0.15, 0.2) is 42.0 Å². The summed E-state index contributed by atoms with van der Waals surface area (Å²) >= 11 is 1.79. The summed E-state index contributed by atoms with van der Waals surface area (Å²) in [5, 5.41) is 9.79. The summed E-state index contributed by atoms with van der Waals surface area (Å²) in [6.45, 7) is 2.20. The van der Waals surface area contributed by atoms with Crippen molar-refractivity contribution in [3.63, 3.8) is 0 Å². The summed E-state index contributed by atoms with van der Waals surface area (Å²) in [5.74, 6) is 0.903. The molecule has 0 fully saturated rings. The van der Waals surface area contributed by atoms with Gasteiger partial charge in [0.1, 0.15) is 5.82 Å². The highest BCUT2D eigenvalue weighted by Gasteiger charge is 2.12. The molecule has 0 aliphatic heterocycles. The van der Waals surface area contributed by atoms with Crippen molar-refractivity contribution in [3.05, 3.63) is 46.9 Å². The van der Waals surface area contributed by atoms with E-state index < -0.39 is 0 Å². The zero-order valence-electron chi connectivity index (χ0n) is 10.8. The molecule has 0 bridgehead atoms. The first-order valence-corrected chi connectivity index (χ1v) is 7.35. The predicted molar refractivity (Wildman–Crippen MR) is 78.6 cm³/mol. The summed E-state index contributed by atoms with van der Waals surface area (Å²) in [4.78, 5) is 5.92. The third-order valence-corrected chi connectivity index (χ3v) is 4.03. The molecule has 1 atom stereocenters. The van der Waals surface area contributed by atoms with Crippen molar-refractivity contribution in [1.82, 2.24) is 14.6 Å². The quantitative estimate of drug-likeness (QED) is 0.769. The Bertz CT molecular complexity index is 644. The highest BCUT2D eigenvalue weighted by Crippen LogP contribution is 2.26. The number of hydrogen-bond donors (Lipinski definition) is 1. The molecule has 0 aromatic carbocycles. The van der Waals surface area contributed by atoms with E-state index in [4.69, 9.17) is 0 Å². The minimum absolute atomic E-state index is 0.336. The summed E-state index contributed by atoms with van der Waals surface area (Å²) in [6.07, 6.45) is 5.94. The van der Waals surface area contributed by atoms with Gasteiger partial charge >= 0.3 is 0 Å². The first kappa shape index (κ1) is 12.2. The molecular weight excluding hydrogens is 256 g/mol. The fourth-order valence-electron chi connectivity index (χ4n) is 2.14. The average Bonchev–Trinajstić information content (AvgIpc) is 3.09. The molecule has 4 nitrogen and oxygen atoms in total. The minimum Gasteiger partial charge on any atom is -0.362 e. The smallest absolute Gasteiger partial charge is 0.157 e. The Balaban J connectivity index is 1.84. The van der Waals surface area contributed by atoms with Crippen LogP contribution >= 0.6 is 11.3 Å². The molecule has 1 N–H and O–H groups in total. The number of hydrogen-bond acceptors (Lipinski definition) is 4. The van der Waals surface area contributed by atoms with Crippen LogP contribution in [0.2, 0.25) is 0 Å². The van der Waals surface area contributed by atoms with E-state index in [1.165, 1.54) is 4.88 Å². The Kier molecular flexibility index (Phi) is 3.46. The molecule has 0 amide bonds. The van der Waals surface area contributed by atoms with Gasteiger partial charge in [-0.25, -0.2) is 9.50 Å². The Labute approximate surface area is 116 Å². The molecule has 0 aliphatic carbocycles. The Morgan fingerprint density at radius 3 is 3.11 bits per heavy atom. The number of aromatic nitrogens is 3. The van der Waals surface area contributed by atoms with Crippen LogP contribution in [-0.4, -0.2) is 14.6 Å². The summed E-state index contributed by atoms with van der Waals surface area (Å²) in [6, 6.07) is 8.48. The van der Waals surface area contributed by atoms with Crippen LogP contribution in [0.25, 0.3) is 5.65 Å². The molecule has 0 saturated carbocycles. The van der Waals surface area contributed by atoms with E-state index in [1.54, 1.807) is 22.0 Å². The van der Waals surface area contributed by atoms with Crippen LogP contribution in [0, 0.1) is 0 Å². The summed E-state index contributed by atoms with van der Waals surface area (Å²) < 4.78 is 1.77. The fourth-order valence-corrected chi connectivity index (χ4v) is 2.95. The van der Waals surface area contributed by atoms with Crippen LogP contribution in [0.1, 0.15) is 30.7 Å². The van der Waals surface area contributed by atoms with Crippen LogP contribution < -0.4 is 5.32 Å². The van der Waals surface area contributed by atoms with Crippen LogP contribution in [0.5, 0.6) is 0 Å². The summed E-state index contributed by atoms with van der Waals surface area (Å²) in [5.41, 5.74) is 0.867. The van der Waals surface area contributed by atoms with Gasteiger partial charge in [0.15, 0.2) is 5.65 Å². The van der Waals surface area contributed by atoms with Crippen LogP contribution in [0.3, 0.4) is 0 Å². The van der Waals surface area contributed by atoms with Gasteiger partial charge in [0.05, 0.1) is 12.2 Å². The second-order valence-corrected chi connectivity index (χ2v) is 5.43. The third kappa shape index (κ3) is 2.61. The first-order chi connectivity index (χ1) is 9.36. The third-order valence-electron chi connectivity index (χ3n) is 3.04. The van der Waals surface area contributed by atoms with Crippen molar-refractivity contribution >= 4 is 22.8 Å². The lowest BCUT2D eigenvalue weighted by molar-refractivity contribution is 0.684. The molecule has 0 aliphatic rings. The maximum atomic E-state index is 4.56. The largest absolute Gasteiger partial charge is 0.362 e. The number of nitrogens with zero attached hydrogens (tertiary/aromatic N) is 3. The standard InChI is InChI=1S/C14H16N4S/c1-2-4-11(12-5-3-10-19-12)16-13-7-9-18-14(17-13)6-8-15-18/h3,5-11H,2,4H2,1H3,(H,16,17). The van der Waals surface area contributed by atoms with E-state index in [-0.39, 0.29) is 0 Å². The maximum absolute atomic E-state index is 4.56. The lowest BCUT2D eigenvalue weighted by Crippen LogP contribution is -2.10. The topological polar surface area (TPSA) is 42.2 Å². The second kappa shape index (κ2) is 5.40. The predicted octanol–water partition coefficient (Wildman–Crippen LogP) is 3.74. The lowest BCUT2D eigenvalue weighted by Gasteiger charge is -2.17. The van der Waals surface area contributed by atoms with E-state index in [2.05, 4.69) is 39.8 Å². The Morgan fingerprint density at radius 1 is 1.37 bits per heavy atom. The number of fused-ring (bicyclic) bond motifs is 1. The van der Waals surface area contributed by atoms with Gasteiger partial charge in [0, 0.05) is 17.1 Å². The highest BCUT2D eigenvalue weighted by molar-refractivity contribution is 7.10. The van der Waals surface area contributed by atoms with E-state index in [9.17, 15) is 0 Å². The van der Waals surface area contributed by atoms with Gasteiger partial charge in [-0.15, -0.1) is 11.3 Å². The van der Waals surface area contributed by atoms with Gasteiger partial charge in [0.2, 0.25) is 0 Å². The van der Waals surface area contributed by atoms with E-state index in [1.807, 2.05) is 18.3 Å². The minimum atomic E-state index is 0.336. The molecule has 5 heteroatoms. The number of thiophene rings is 1. The molecule has 1 unspecified atom stereocenters. The number of anilines is 1. The molecule has 0 spiro atoms. The molecule has 0 saturated heterocycles. The van der Waals surface area contributed by atoms with Crippen molar-refractivity contribution in [2.24, 2.45) is 0 Å². The molecular formula is C14H16N4S. The van der Waals surface area contributed by atoms with E-state index >= 15 is 0 Å². The number of rotatable bonds is 5. The summed E-state index contributed by atoms with van der Waals surface area (Å²) in [7, 11) is 0. The van der Waals surface area contributed by atoms with Crippen molar-refractivity contribution in [2.75, 3.05) is 5.32 Å². The molecule has 3 aromatic rings. The van der Waals surface area contributed by atoms with Crippen molar-refractivity contribution in [1.29, 1.82) is 0 Å². The average molecular weight is 272 g/mol. The van der Waals surface area contributed by atoms with Gasteiger partial charge in [-0.05, 0) is 23.9 Å². The molecule has 98 valence electrons. The van der Waals surface area contributed by atoms with Crippen molar-refractivity contribution < 1.29 is 0 Å². The molecule has 3 heterocycles. The normalized spacial score (nSPS) is 12.7. The van der Waals surface area contributed by atoms with Gasteiger partial charge in [-0.3, -0.25) is 0 Å². The van der Waals surface area contributed by atoms with Crippen molar-refractivity contribution in [2.45, 2.75) is 25.8 Å². The molecule has 3 aromatic heterocycles. The molecule has 0 radical (unpaired) electrons. The first-order valence-electron chi connectivity index (χ1n) is 6.47. The van der Waals surface area contributed by atoms with Gasteiger partial charge in [0.25, 0.3) is 0 Å². The molecule has 3 rings (SSSR count). The SMILES string of the molecule is CCCC(Nc1ccn2nccc2n1)c1cccs1. The van der Waals surface area contributed by atoms with Crippen LogP contribution in [-0.2, 0) is 0 Å². The molecule has 19 heavy (non-hydrogen) atoms. The van der Waals surface area contributed by atoms with Crippen LogP contribution in [0.4, 0.5) is 5.82 Å². The highest BCUT2D eigenvalue weighted by atomic mass is 32.1. The Morgan fingerprint density at radius 2 is 2.32 bits per heavy atom. The zero-order chi connectivity index (χ0) is 13.1. The second-order valence-electron chi connectivity index (χ2n) is 4.45.